The number of carbonyl (C=O) groups excluding carboxylic acids is 2. The molecular formula is C25H35Cl2N3O4. The molecule has 2 aliphatic heterocycles. The van der Waals surface area contributed by atoms with Crippen LogP contribution in [0.5, 0.6) is 5.75 Å². The van der Waals surface area contributed by atoms with E-state index in [9.17, 15) is 9.59 Å². The van der Waals surface area contributed by atoms with Gasteiger partial charge in [0.15, 0.2) is 0 Å². The lowest BCUT2D eigenvalue weighted by molar-refractivity contribution is -0.136. The third kappa shape index (κ3) is 6.58. The van der Waals surface area contributed by atoms with Gasteiger partial charge < -0.3 is 25.0 Å². The van der Waals surface area contributed by atoms with Gasteiger partial charge in [-0.15, -0.1) is 0 Å². The van der Waals surface area contributed by atoms with Gasteiger partial charge in [-0.05, 0) is 52.0 Å². The van der Waals surface area contributed by atoms with Gasteiger partial charge in [0.1, 0.15) is 18.0 Å². The van der Waals surface area contributed by atoms with Gasteiger partial charge >= 0.3 is 6.09 Å². The molecule has 1 aromatic carbocycles. The summed E-state index contributed by atoms with van der Waals surface area (Å²) in [5.74, 6) is 0.692. The van der Waals surface area contributed by atoms with Gasteiger partial charge in [-0.25, -0.2) is 4.79 Å². The highest BCUT2D eigenvalue weighted by atomic mass is 35.5. The van der Waals surface area contributed by atoms with Gasteiger partial charge in [-0.2, -0.15) is 0 Å². The lowest BCUT2D eigenvalue weighted by Crippen LogP contribution is -2.44. The third-order valence-electron chi connectivity index (χ3n) is 6.32. The maximum absolute atomic E-state index is 13.1. The topological polar surface area (TPSA) is 85.1 Å². The summed E-state index contributed by atoms with van der Waals surface area (Å²) in [6.45, 7) is 11.7. The first-order chi connectivity index (χ1) is 16.0. The molecule has 1 aromatic rings. The Morgan fingerprint density at radius 1 is 1.15 bits per heavy atom. The van der Waals surface area contributed by atoms with Crippen LogP contribution in [0, 0.1) is 11.8 Å². The fraction of sp³-hybridized carbons (Fsp3) is 0.600. The number of rotatable bonds is 6. The minimum Gasteiger partial charge on any atom is -0.489 e. The van der Waals surface area contributed by atoms with Gasteiger partial charge in [-0.3, -0.25) is 4.79 Å². The van der Waals surface area contributed by atoms with Crippen molar-refractivity contribution in [2.24, 2.45) is 17.6 Å². The van der Waals surface area contributed by atoms with Crippen LogP contribution in [0.2, 0.25) is 10.0 Å². The van der Waals surface area contributed by atoms with E-state index in [-0.39, 0.29) is 29.9 Å². The molecule has 3 rings (SSSR count). The van der Waals surface area contributed by atoms with Gasteiger partial charge in [0, 0.05) is 43.9 Å². The Morgan fingerprint density at radius 3 is 2.38 bits per heavy atom. The summed E-state index contributed by atoms with van der Waals surface area (Å²) in [6.07, 6.45) is 3.51. The zero-order valence-electron chi connectivity index (χ0n) is 20.2. The highest BCUT2D eigenvalue weighted by Crippen LogP contribution is 2.39. The Balaban J connectivity index is 1.57. The van der Waals surface area contributed by atoms with Crippen molar-refractivity contribution < 1.29 is 19.1 Å². The molecule has 34 heavy (non-hydrogen) atoms. The zero-order valence-corrected chi connectivity index (χ0v) is 21.7. The molecule has 188 valence electrons. The van der Waals surface area contributed by atoms with E-state index < -0.39 is 5.60 Å². The van der Waals surface area contributed by atoms with Crippen LogP contribution in [0.4, 0.5) is 4.79 Å². The van der Waals surface area contributed by atoms with E-state index in [1.165, 1.54) is 0 Å². The normalized spacial score (nSPS) is 20.2. The molecule has 0 saturated carbocycles. The van der Waals surface area contributed by atoms with Crippen LogP contribution in [-0.4, -0.2) is 60.2 Å². The standard InChI is InChI=1S/C25H35Cl2N3O4/c1-5-12-33-21-14-20(27)19(26)13-18(21)22(28)16-6-9-29(10-7-16)23(31)17-8-11-30(15-17)24(32)34-25(2,3)4/h5,13-14,16-17,22H,1,6-12,15,28H2,2-4H3/t17-,22?/m1/s1. The Bertz CT molecular complexity index is 910. The van der Waals surface area contributed by atoms with Crippen molar-refractivity contribution >= 4 is 35.2 Å². The monoisotopic (exact) mass is 511 g/mol. The number of nitrogens with two attached hydrogens (primary N) is 1. The summed E-state index contributed by atoms with van der Waals surface area (Å²) in [4.78, 5) is 29.0. The van der Waals surface area contributed by atoms with Crippen LogP contribution in [0.15, 0.2) is 24.8 Å². The van der Waals surface area contributed by atoms with Crippen molar-refractivity contribution in [3.63, 3.8) is 0 Å². The quantitative estimate of drug-likeness (QED) is 0.539. The number of hydrogen-bond donors (Lipinski definition) is 1. The molecule has 0 spiro atoms. The average molecular weight is 512 g/mol. The van der Waals surface area contributed by atoms with E-state index in [0.717, 1.165) is 18.4 Å². The van der Waals surface area contributed by atoms with Crippen molar-refractivity contribution in [1.29, 1.82) is 0 Å². The van der Waals surface area contributed by atoms with Crippen LogP contribution < -0.4 is 10.5 Å². The summed E-state index contributed by atoms with van der Waals surface area (Å²) < 4.78 is 11.2. The predicted octanol–water partition coefficient (Wildman–Crippen LogP) is 5.05. The summed E-state index contributed by atoms with van der Waals surface area (Å²) in [7, 11) is 0. The van der Waals surface area contributed by atoms with Crippen LogP contribution in [-0.2, 0) is 9.53 Å². The molecule has 2 amide bonds. The minimum absolute atomic E-state index is 0.0997. The highest BCUT2D eigenvalue weighted by Gasteiger charge is 2.37. The van der Waals surface area contributed by atoms with Gasteiger partial charge in [0.05, 0.1) is 16.0 Å². The number of nitrogens with zero attached hydrogens (tertiary/aromatic N) is 2. The molecular weight excluding hydrogens is 477 g/mol. The fourth-order valence-corrected chi connectivity index (χ4v) is 4.85. The highest BCUT2D eigenvalue weighted by molar-refractivity contribution is 6.42. The van der Waals surface area contributed by atoms with Crippen LogP contribution in [0.1, 0.15) is 51.6 Å². The Hall–Kier alpha value is -1.96. The second-order valence-corrected chi connectivity index (χ2v) is 10.8. The minimum atomic E-state index is -0.551. The molecule has 1 unspecified atom stereocenters. The molecule has 2 fully saturated rings. The molecule has 2 saturated heterocycles. The smallest absolute Gasteiger partial charge is 0.410 e. The number of amides is 2. The number of benzene rings is 1. The molecule has 0 bridgehead atoms. The van der Waals surface area contributed by atoms with E-state index in [2.05, 4.69) is 6.58 Å². The van der Waals surface area contributed by atoms with E-state index in [1.807, 2.05) is 25.7 Å². The average Bonchev–Trinajstić information content (AvgIpc) is 3.28. The second kappa shape index (κ2) is 11.2. The Kier molecular flexibility index (Phi) is 8.77. The molecule has 2 aliphatic rings. The Labute approximate surface area is 212 Å². The number of ether oxygens (including phenoxy) is 2. The molecule has 2 N–H and O–H groups in total. The van der Waals surface area contributed by atoms with Crippen molar-refractivity contribution in [3.05, 3.63) is 40.4 Å². The van der Waals surface area contributed by atoms with E-state index in [4.69, 9.17) is 38.4 Å². The lowest BCUT2D eigenvalue weighted by atomic mass is 9.85. The summed E-state index contributed by atoms with van der Waals surface area (Å²) in [6, 6.07) is 3.17. The lowest BCUT2D eigenvalue weighted by Gasteiger charge is -2.36. The number of piperidine rings is 1. The van der Waals surface area contributed by atoms with Crippen molar-refractivity contribution in [2.45, 2.75) is 51.7 Å². The van der Waals surface area contributed by atoms with Gasteiger partial charge in [0.25, 0.3) is 0 Å². The fourth-order valence-electron chi connectivity index (χ4n) is 4.52. The summed E-state index contributed by atoms with van der Waals surface area (Å²) in [5, 5.41) is 0.843. The predicted molar refractivity (Wildman–Crippen MR) is 134 cm³/mol. The van der Waals surface area contributed by atoms with Crippen molar-refractivity contribution in [1.82, 2.24) is 9.80 Å². The van der Waals surface area contributed by atoms with E-state index in [0.29, 0.717) is 55.0 Å². The van der Waals surface area contributed by atoms with Crippen LogP contribution in [0.3, 0.4) is 0 Å². The molecule has 0 aromatic heterocycles. The SMILES string of the molecule is C=CCOc1cc(Cl)c(Cl)cc1C(N)C1CCN(C(=O)[C@@H]2CCN(C(=O)OC(C)(C)C)C2)CC1. The first-order valence-electron chi connectivity index (χ1n) is 11.7. The third-order valence-corrected chi connectivity index (χ3v) is 7.04. The van der Waals surface area contributed by atoms with Crippen LogP contribution >= 0.6 is 23.2 Å². The molecule has 2 heterocycles. The van der Waals surface area contributed by atoms with Crippen LogP contribution in [0.25, 0.3) is 0 Å². The Morgan fingerprint density at radius 2 is 1.76 bits per heavy atom. The number of likely N-dealkylation sites (tertiary alicyclic amines) is 2. The zero-order chi connectivity index (χ0) is 25.0. The first kappa shape index (κ1) is 26.6. The van der Waals surface area contributed by atoms with Crippen molar-refractivity contribution in [2.75, 3.05) is 32.8 Å². The molecule has 9 heteroatoms. The van der Waals surface area contributed by atoms with Gasteiger partial charge in [-0.1, -0.05) is 35.9 Å². The summed E-state index contributed by atoms with van der Waals surface area (Å²) >= 11 is 12.4. The number of halogens is 2. The molecule has 0 aliphatic carbocycles. The summed E-state index contributed by atoms with van der Waals surface area (Å²) in [5.41, 5.74) is 6.90. The van der Waals surface area contributed by atoms with E-state index >= 15 is 0 Å². The number of carbonyl (C=O) groups is 2. The first-order valence-corrected chi connectivity index (χ1v) is 12.5. The van der Waals surface area contributed by atoms with Crippen molar-refractivity contribution in [3.8, 4) is 5.75 Å². The van der Waals surface area contributed by atoms with E-state index in [1.54, 1.807) is 23.1 Å². The second-order valence-electron chi connectivity index (χ2n) is 10.0. The maximum atomic E-state index is 13.1. The molecule has 2 atom stereocenters. The largest absolute Gasteiger partial charge is 0.489 e. The molecule has 0 radical (unpaired) electrons. The van der Waals surface area contributed by atoms with Gasteiger partial charge in [0.2, 0.25) is 5.91 Å². The maximum Gasteiger partial charge on any atom is 0.410 e. The molecule has 7 nitrogen and oxygen atoms in total. The number of hydrogen-bond acceptors (Lipinski definition) is 5.